The summed E-state index contributed by atoms with van der Waals surface area (Å²) in [6.07, 6.45) is 3.74. The van der Waals surface area contributed by atoms with Gasteiger partial charge in [0, 0.05) is 12.6 Å². The first kappa shape index (κ1) is 11.8. The number of fused-ring (bicyclic) bond motifs is 2. The molecule has 1 aromatic carbocycles. The number of H-pyrrole nitrogens is 1. The van der Waals surface area contributed by atoms with E-state index in [1.165, 1.54) is 6.42 Å². The Kier molecular flexibility index (Phi) is 2.53. The van der Waals surface area contributed by atoms with Gasteiger partial charge in [-0.05, 0) is 25.3 Å². The summed E-state index contributed by atoms with van der Waals surface area (Å²) in [5.41, 5.74) is 8.97. The van der Waals surface area contributed by atoms with Crippen molar-refractivity contribution in [3.63, 3.8) is 0 Å². The van der Waals surface area contributed by atoms with Gasteiger partial charge in [0.25, 0.3) is 0 Å². The van der Waals surface area contributed by atoms with Crippen molar-refractivity contribution in [2.45, 2.75) is 31.4 Å². The molecule has 1 aliphatic carbocycles. The van der Waals surface area contributed by atoms with Gasteiger partial charge in [-0.1, -0.05) is 0 Å². The molecule has 6 heteroatoms. The number of nitrogens with zero attached hydrogens (tertiary/aromatic N) is 1. The third-order valence-corrected chi connectivity index (χ3v) is 4.36. The highest BCUT2D eigenvalue weighted by Crippen LogP contribution is 2.36. The highest BCUT2D eigenvalue weighted by Gasteiger charge is 2.36. The van der Waals surface area contributed by atoms with Gasteiger partial charge >= 0.3 is 5.76 Å². The number of aromatic nitrogens is 1. The van der Waals surface area contributed by atoms with Crippen LogP contribution >= 0.6 is 0 Å². The normalized spacial score (nSPS) is 26.1. The number of oxazole rings is 1. The van der Waals surface area contributed by atoms with Gasteiger partial charge in [0.1, 0.15) is 0 Å². The van der Waals surface area contributed by atoms with E-state index < -0.39 is 5.76 Å². The molecule has 4 rings (SSSR count). The van der Waals surface area contributed by atoms with Crippen LogP contribution in [0, 0.1) is 0 Å². The van der Waals surface area contributed by atoms with Crippen LogP contribution in [0.25, 0.3) is 11.1 Å². The van der Waals surface area contributed by atoms with Crippen LogP contribution in [0.5, 0.6) is 0 Å². The lowest BCUT2D eigenvalue weighted by atomic mass is 10.1. The van der Waals surface area contributed by atoms with E-state index >= 15 is 0 Å². The number of aromatic amines is 1. The summed E-state index contributed by atoms with van der Waals surface area (Å²) in [4.78, 5) is 16.3. The van der Waals surface area contributed by atoms with Gasteiger partial charge in [-0.25, -0.2) is 4.79 Å². The molecule has 0 amide bonds. The first-order chi connectivity index (χ1) is 9.72. The molecule has 2 fully saturated rings. The summed E-state index contributed by atoms with van der Waals surface area (Å²) in [7, 11) is 0. The minimum atomic E-state index is -0.447. The van der Waals surface area contributed by atoms with Crippen molar-refractivity contribution < 1.29 is 9.15 Å². The predicted molar refractivity (Wildman–Crippen MR) is 76.0 cm³/mol. The standard InChI is InChI=1S/C14H17N3O3/c15-8-6-13-9(16-14(18)20-13)7-11(8)17-4-5-19-12-3-1-2-10(12)17/h6-7,10,12H,1-5,15H2,(H,16,18). The van der Waals surface area contributed by atoms with E-state index in [9.17, 15) is 4.79 Å². The molecular weight excluding hydrogens is 258 g/mol. The number of anilines is 2. The number of nitrogens with one attached hydrogen (secondary N) is 1. The van der Waals surface area contributed by atoms with Crippen LogP contribution in [-0.2, 0) is 4.74 Å². The highest BCUT2D eigenvalue weighted by molar-refractivity contribution is 5.85. The molecule has 1 saturated carbocycles. The van der Waals surface area contributed by atoms with Crippen molar-refractivity contribution in [3.05, 3.63) is 22.7 Å². The first-order valence-electron chi connectivity index (χ1n) is 7.03. The topological polar surface area (TPSA) is 84.5 Å². The number of morpholine rings is 1. The summed E-state index contributed by atoms with van der Waals surface area (Å²) >= 11 is 0. The van der Waals surface area contributed by atoms with Crippen molar-refractivity contribution in [2.75, 3.05) is 23.8 Å². The lowest BCUT2D eigenvalue weighted by Crippen LogP contribution is -2.48. The predicted octanol–water partition coefficient (Wildman–Crippen LogP) is 1.46. The van der Waals surface area contributed by atoms with Crippen LogP contribution in [0.4, 0.5) is 11.4 Å². The van der Waals surface area contributed by atoms with Crippen LogP contribution in [0.15, 0.2) is 21.3 Å². The molecule has 6 nitrogen and oxygen atoms in total. The third-order valence-electron chi connectivity index (χ3n) is 4.36. The zero-order valence-corrected chi connectivity index (χ0v) is 11.1. The average molecular weight is 275 g/mol. The Morgan fingerprint density at radius 1 is 1.35 bits per heavy atom. The van der Waals surface area contributed by atoms with Crippen LogP contribution in [0.3, 0.4) is 0 Å². The summed E-state index contributed by atoms with van der Waals surface area (Å²) in [6, 6.07) is 4.03. The molecule has 1 aliphatic heterocycles. The molecule has 2 aliphatic rings. The average Bonchev–Trinajstić information content (AvgIpc) is 3.02. The lowest BCUT2D eigenvalue weighted by molar-refractivity contribution is 0.0257. The number of hydrogen-bond acceptors (Lipinski definition) is 5. The third kappa shape index (κ3) is 1.71. The number of benzene rings is 1. The fourth-order valence-corrected chi connectivity index (χ4v) is 3.48. The maximum absolute atomic E-state index is 11.3. The molecule has 106 valence electrons. The summed E-state index contributed by atoms with van der Waals surface area (Å²) in [6.45, 7) is 1.56. The number of nitrogens with two attached hydrogens (primary N) is 1. The van der Waals surface area contributed by atoms with Crippen LogP contribution in [0.2, 0.25) is 0 Å². The van der Waals surface area contributed by atoms with Gasteiger partial charge in [-0.3, -0.25) is 4.98 Å². The molecule has 1 saturated heterocycles. The highest BCUT2D eigenvalue weighted by atomic mass is 16.5. The molecule has 0 radical (unpaired) electrons. The summed E-state index contributed by atoms with van der Waals surface area (Å²) in [5, 5.41) is 0. The molecule has 0 spiro atoms. The quantitative estimate of drug-likeness (QED) is 0.770. The largest absolute Gasteiger partial charge is 0.417 e. The zero-order valence-electron chi connectivity index (χ0n) is 11.1. The van der Waals surface area contributed by atoms with Gasteiger partial charge in [0.05, 0.1) is 35.6 Å². The summed E-state index contributed by atoms with van der Waals surface area (Å²) < 4.78 is 10.9. The Bertz CT molecular complexity index is 705. The monoisotopic (exact) mass is 275 g/mol. The fraction of sp³-hybridized carbons (Fsp3) is 0.500. The Morgan fingerprint density at radius 3 is 3.15 bits per heavy atom. The van der Waals surface area contributed by atoms with Crippen molar-refractivity contribution in [2.24, 2.45) is 0 Å². The Labute approximate surface area is 115 Å². The molecule has 3 N–H and O–H groups in total. The van der Waals surface area contributed by atoms with Gasteiger partial charge in [-0.2, -0.15) is 0 Å². The first-order valence-corrected chi connectivity index (χ1v) is 7.03. The molecule has 2 aromatic rings. The second kappa shape index (κ2) is 4.28. The van der Waals surface area contributed by atoms with E-state index in [1.807, 2.05) is 6.07 Å². The number of nitrogen functional groups attached to an aromatic ring is 1. The van der Waals surface area contributed by atoms with Gasteiger partial charge in [0.15, 0.2) is 5.58 Å². The molecule has 0 bridgehead atoms. The van der Waals surface area contributed by atoms with E-state index in [4.69, 9.17) is 14.9 Å². The second-order valence-electron chi connectivity index (χ2n) is 5.52. The molecule has 20 heavy (non-hydrogen) atoms. The Balaban J connectivity index is 1.80. The van der Waals surface area contributed by atoms with Gasteiger partial charge in [-0.15, -0.1) is 0 Å². The van der Waals surface area contributed by atoms with Crippen molar-refractivity contribution in [1.82, 2.24) is 4.98 Å². The number of rotatable bonds is 1. The Morgan fingerprint density at radius 2 is 2.25 bits per heavy atom. The Hall–Kier alpha value is -1.95. The van der Waals surface area contributed by atoms with E-state index in [0.717, 1.165) is 31.7 Å². The maximum atomic E-state index is 11.3. The second-order valence-corrected chi connectivity index (χ2v) is 5.52. The van der Waals surface area contributed by atoms with Crippen LogP contribution in [0.1, 0.15) is 19.3 Å². The van der Waals surface area contributed by atoms with Crippen LogP contribution < -0.4 is 16.4 Å². The molecular formula is C14H17N3O3. The van der Waals surface area contributed by atoms with E-state index in [-0.39, 0.29) is 0 Å². The molecule has 1 aromatic heterocycles. The van der Waals surface area contributed by atoms with E-state index in [2.05, 4.69) is 9.88 Å². The minimum absolute atomic E-state index is 0.308. The molecule has 2 heterocycles. The minimum Gasteiger partial charge on any atom is -0.408 e. The molecule has 2 atom stereocenters. The van der Waals surface area contributed by atoms with Crippen LogP contribution in [-0.4, -0.2) is 30.3 Å². The lowest BCUT2D eigenvalue weighted by Gasteiger charge is -2.39. The van der Waals surface area contributed by atoms with E-state index in [0.29, 0.717) is 28.9 Å². The summed E-state index contributed by atoms with van der Waals surface area (Å²) in [5.74, 6) is -0.447. The van der Waals surface area contributed by atoms with Crippen molar-refractivity contribution in [3.8, 4) is 0 Å². The smallest absolute Gasteiger partial charge is 0.408 e. The maximum Gasteiger partial charge on any atom is 0.417 e. The number of hydrogen-bond donors (Lipinski definition) is 2. The zero-order chi connectivity index (χ0) is 13.7. The van der Waals surface area contributed by atoms with Gasteiger partial charge in [0.2, 0.25) is 0 Å². The van der Waals surface area contributed by atoms with E-state index in [1.54, 1.807) is 6.07 Å². The SMILES string of the molecule is Nc1cc2oc(=O)[nH]c2cc1N1CCOC2CCCC21. The molecule has 2 unspecified atom stereocenters. The van der Waals surface area contributed by atoms with Crippen molar-refractivity contribution in [1.29, 1.82) is 0 Å². The van der Waals surface area contributed by atoms with Crippen molar-refractivity contribution >= 4 is 22.5 Å². The fourth-order valence-electron chi connectivity index (χ4n) is 3.48. The van der Waals surface area contributed by atoms with Gasteiger partial charge < -0.3 is 19.8 Å². The number of ether oxygens (including phenoxy) is 1.